The minimum Gasteiger partial charge on any atom is -0.278 e. The highest BCUT2D eigenvalue weighted by atomic mass is 15.3. The molecule has 0 radical (unpaired) electrons. The fraction of sp³-hybridized carbons (Fsp3) is 0.0156. The maximum atomic E-state index is 5.52. The zero-order valence-corrected chi connectivity index (χ0v) is 37.6. The van der Waals surface area contributed by atoms with Crippen LogP contribution in [0.2, 0.25) is 0 Å². The van der Waals surface area contributed by atoms with Crippen molar-refractivity contribution in [3.8, 4) is 45.5 Å². The van der Waals surface area contributed by atoms with E-state index in [-0.39, 0.29) is 0 Å². The van der Waals surface area contributed by atoms with E-state index in [1.54, 1.807) is 0 Å². The van der Waals surface area contributed by atoms with E-state index in [4.69, 9.17) is 15.0 Å². The maximum Gasteiger partial charge on any atom is 0.240 e. The molecule has 0 spiro atoms. The second-order valence-electron chi connectivity index (χ2n) is 17.6. The molecule has 3 aromatic heterocycles. The maximum absolute atomic E-state index is 5.52. The highest BCUT2D eigenvalue weighted by molar-refractivity contribution is 6.11. The van der Waals surface area contributed by atoms with Crippen LogP contribution >= 0.6 is 0 Å². The first-order valence-electron chi connectivity index (χ1n) is 23.4. The predicted molar refractivity (Wildman–Crippen MR) is 283 cm³/mol. The first kappa shape index (κ1) is 40.1. The van der Waals surface area contributed by atoms with Gasteiger partial charge >= 0.3 is 0 Å². The molecule has 0 aliphatic rings. The number of fused-ring (bicyclic) bond motifs is 6. The monoisotopic (exact) mass is 881 g/mol. The lowest BCUT2D eigenvalue weighted by Gasteiger charge is -2.37. The van der Waals surface area contributed by atoms with E-state index in [1.807, 2.05) is 0 Å². The Hall–Kier alpha value is -9.19. The van der Waals surface area contributed by atoms with Gasteiger partial charge in [0, 0.05) is 27.1 Å². The molecule has 0 saturated heterocycles. The minimum atomic E-state index is -0.662. The van der Waals surface area contributed by atoms with Crippen LogP contribution in [0.3, 0.4) is 0 Å². The van der Waals surface area contributed by atoms with Crippen molar-refractivity contribution >= 4 is 43.6 Å². The molecule has 5 heteroatoms. The molecule has 0 unspecified atom stereocenters. The highest BCUT2D eigenvalue weighted by Gasteiger charge is 2.38. The molecule has 0 amide bonds. The topological polar surface area (TPSA) is 48.5 Å². The molecule has 0 fully saturated rings. The van der Waals surface area contributed by atoms with Crippen LogP contribution in [0.5, 0.6) is 0 Å². The summed E-state index contributed by atoms with van der Waals surface area (Å²) in [6.07, 6.45) is 0. The van der Waals surface area contributed by atoms with E-state index in [0.717, 1.165) is 82.6 Å². The normalized spacial score (nSPS) is 11.8. The zero-order chi connectivity index (χ0) is 45.7. The van der Waals surface area contributed by atoms with Gasteiger partial charge in [0.2, 0.25) is 11.9 Å². The van der Waals surface area contributed by atoms with E-state index >= 15 is 0 Å². The molecule has 13 aromatic rings. The Morgan fingerprint density at radius 1 is 0.246 bits per heavy atom. The summed E-state index contributed by atoms with van der Waals surface area (Å²) in [4.78, 5) is 16.6. The average Bonchev–Trinajstić information content (AvgIpc) is 3.95. The standard InChI is InChI=1S/C64H43N5/c1-6-21-44(22-7-1)46-37-39-59-55(42-46)53-33-16-18-35-57(53)68(59)62-65-61(66-63(67-62)69-58-36-19-17-34-54(58)56-43-47(38-40-60(56)69)45-23-8-2-9-24-45)48-25-20-32-52(41-48)64(49-26-10-3-11-27-49,50-28-12-4-13-29-50)51-30-14-5-15-31-51/h1-43H. The number of para-hydroxylation sites is 2. The smallest absolute Gasteiger partial charge is 0.240 e. The van der Waals surface area contributed by atoms with Crippen LogP contribution in [0, 0.1) is 0 Å². The molecular weight excluding hydrogens is 839 g/mol. The average molecular weight is 882 g/mol. The van der Waals surface area contributed by atoms with Gasteiger partial charge in [-0.05, 0) is 87.0 Å². The van der Waals surface area contributed by atoms with Gasteiger partial charge in [0.05, 0.1) is 27.5 Å². The van der Waals surface area contributed by atoms with E-state index in [2.05, 4.69) is 270 Å². The molecule has 324 valence electrons. The van der Waals surface area contributed by atoms with Gasteiger partial charge in [0.1, 0.15) is 0 Å². The number of rotatable bonds is 9. The summed E-state index contributed by atoms with van der Waals surface area (Å²) in [5.74, 6) is 1.64. The molecule has 0 saturated carbocycles. The first-order chi connectivity index (χ1) is 34.2. The zero-order valence-electron chi connectivity index (χ0n) is 37.6. The molecule has 69 heavy (non-hydrogen) atoms. The van der Waals surface area contributed by atoms with Gasteiger partial charge in [-0.2, -0.15) is 15.0 Å². The predicted octanol–water partition coefficient (Wildman–Crippen LogP) is 15.4. The number of hydrogen-bond donors (Lipinski definition) is 0. The number of aromatic nitrogens is 5. The van der Waals surface area contributed by atoms with Crippen LogP contribution in [0.4, 0.5) is 0 Å². The summed E-state index contributed by atoms with van der Waals surface area (Å²) in [5, 5.41) is 4.50. The summed E-state index contributed by atoms with van der Waals surface area (Å²) < 4.78 is 4.42. The fourth-order valence-electron chi connectivity index (χ4n) is 10.6. The van der Waals surface area contributed by atoms with E-state index in [9.17, 15) is 0 Å². The molecule has 0 atom stereocenters. The van der Waals surface area contributed by atoms with Crippen molar-refractivity contribution in [2.24, 2.45) is 0 Å². The van der Waals surface area contributed by atoms with Crippen LogP contribution in [0.1, 0.15) is 22.3 Å². The SMILES string of the molecule is c1ccc(-c2ccc3c(c2)c2ccccc2n3-c2nc(-c3cccc(C(c4ccccc4)(c4ccccc4)c4ccccc4)c3)nc(-n3c4ccccc4c4cc(-c5ccccc5)ccc43)n2)cc1. The third-order valence-corrected chi connectivity index (χ3v) is 13.7. The number of benzene rings is 10. The first-order valence-corrected chi connectivity index (χ1v) is 23.4. The second-order valence-corrected chi connectivity index (χ2v) is 17.6. The van der Waals surface area contributed by atoms with Gasteiger partial charge in [-0.15, -0.1) is 0 Å². The van der Waals surface area contributed by atoms with Crippen LogP contribution in [0.15, 0.2) is 261 Å². The highest BCUT2D eigenvalue weighted by Crippen LogP contribution is 2.46. The summed E-state index contributed by atoms with van der Waals surface area (Å²) in [6, 6.07) is 93.0. The van der Waals surface area contributed by atoms with Crippen LogP contribution in [0.25, 0.3) is 89.2 Å². The van der Waals surface area contributed by atoms with Gasteiger partial charge in [0.25, 0.3) is 0 Å². The van der Waals surface area contributed by atoms with Gasteiger partial charge in [0.15, 0.2) is 5.82 Å². The van der Waals surface area contributed by atoms with Gasteiger partial charge in [-0.25, -0.2) is 0 Å². The van der Waals surface area contributed by atoms with Gasteiger partial charge in [-0.1, -0.05) is 218 Å². The Labute approximate surface area is 399 Å². The van der Waals surface area contributed by atoms with Crippen molar-refractivity contribution in [3.05, 3.63) is 283 Å². The Morgan fingerprint density at radius 3 is 1.06 bits per heavy atom. The largest absolute Gasteiger partial charge is 0.278 e. The third-order valence-electron chi connectivity index (χ3n) is 13.7. The van der Waals surface area contributed by atoms with Crippen molar-refractivity contribution in [2.45, 2.75) is 5.41 Å². The lowest BCUT2D eigenvalue weighted by Crippen LogP contribution is -2.31. The quantitative estimate of drug-likeness (QED) is 0.136. The Bertz CT molecular complexity index is 3720. The van der Waals surface area contributed by atoms with Crippen LogP contribution in [-0.4, -0.2) is 24.1 Å². The van der Waals surface area contributed by atoms with Crippen molar-refractivity contribution in [1.82, 2.24) is 24.1 Å². The Kier molecular flexibility index (Phi) is 9.65. The van der Waals surface area contributed by atoms with Gasteiger partial charge < -0.3 is 0 Å². The van der Waals surface area contributed by atoms with Crippen LogP contribution in [-0.2, 0) is 5.41 Å². The van der Waals surface area contributed by atoms with E-state index < -0.39 is 5.41 Å². The molecule has 0 N–H and O–H groups in total. The molecule has 0 bridgehead atoms. The second kappa shape index (κ2) is 16.6. The summed E-state index contributed by atoms with van der Waals surface area (Å²) in [6.45, 7) is 0. The van der Waals surface area contributed by atoms with Crippen molar-refractivity contribution in [2.75, 3.05) is 0 Å². The molecule has 0 aliphatic carbocycles. The molecule has 10 aromatic carbocycles. The molecule has 3 heterocycles. The summed E-state index contributed by atoms with van der Waals surface area (Å²) >= 11 is 0. The van der Waals surface area contributed by atoms with Crippen molar-refractivity contribution in [1.29, 1.82) is 0 Å². The molecule has 0 aliphatic heterocycles. The molecular formula is C64H43N5. The Balaban J connectivity index is 1.09. The van der Waals surface area contributed by atoms with Gasteiger partial charge in [-0.3, -0.25) is 9.13 Å². The Morgan fingerprint density at radius 2 is 0.609 bits per heavy atom. The fourth-order valence-corrected chi connectivity index (χ4v) is 10.6. The number of nitrogens with zero attached hydrogens (tertiary/aromatic N) is 5. The summed E-state index contributed by atoms with van der Waals surface area (Å²) in [5.41, 5.74) is 13.5. The molecule has 5 nitrogen and oxygen atoms in total. The van der Waals surface area contributed by atoms with E-state index in [0.29, 0.717) is 17.7 Å². The van der Waals surface area contributed by atoms with Crippen molar-refractivity contribution < 1.29 is 0 Å². The number of hydrogen-bond acceptors (Lipinski definition) is 3. The lowest BCUT2D eigenvalue weighted by molar-refractivity contribution is 0.745. The third kappa shape index (κ3) is 6.66. The van der Waals surface area contributed by atoms with Crippen LogP contribution < -0.4 is 0 Å². The van der Waals surface area contributed by atoms with E-state index in [1.165, 1.54) is 11.1 Å². The minimum absolute atomic E-state index is 0.534. The molecule has 13 rings (SSSR count). The lowest BCUT2D eigenvalue weighted by atomic mass is 9.65. The van der Waals surface area contributed by atoms with Crippen molar-refractivity contribution in [3.63, 3.8) is 0 Å². The summed E-state index contributed by atoms with van der Waals surface area (Å²) in [7, 11) is 0.